The lowest BCUT2D eigenvalue weighted by Gasteiger charge is -2.44. The molecule has 0 bridgehead atoms. The molecule has 1 spiro atoms. The fourth-order valence-corrected chi connectivity index (χ4v) is 4.20. The van der Waals surface area contributed by atoms with Gasteiger partial charge in [-0.15, -0.1) is 0 Å². The van der Waals surface area contributed by atoms with E-state index >= 15 is 0 Å². The smallest absolute Gasteiger partial charge is 0.128 e. The Morgan fingerprint density at radius 1 is 1.35 bits per heavy atom. The third kappa shape index (κ3) is 1.48. The van der Waals surface area contributed by atoms with Gasteiger partial charge in [0.25, 0.3) is 0 Å². The van der Waals surface area contributed by atoms with Gasteiger partial charge in [-0.2, -0.15) is 5.26 Å². The molecular weight excluding hydrogens is 286 g/mol. The third-order valence-corrected chi connectivity index (χ3v) is 5.64. The number of hydrogen-bond acceptors (Lipinski definition) is 5. The van der Waals surface area contributed by atoms with E-state index in [0.29, 0.717) is 11.4 Å². The Bertz CT molecular complexity index is 864. The van der Waals surface area contributed by atoms with Crippen molar-refractivity contribution in [1.82, 2.24) is 4.98 Å². The van der Waals surface area contributed by atoms with Gasteiger partial charge in [-0.25, -0.2) is 4.98 Å². The van der Waals surface area contributed by atoms with Crippen molar-refractivity contribution in [3.63, 3.8) is 0 Å². The van der Waals surface area contributed by atoms with Crippen LogP contribution in [0.25, 0.3) is 0 Å². The summed E-state index contributed by atoms with van der Waals surface area (Å²) in [5, 5.41) is 13.0. The minimum atomic E-state index is -0.345. The summed E-state index contributed by atoms with van der Waals surface area (Å²) < 4.78 is 0. The number of rotatable bonds is 0. The summed E-state index contributed by atoms with van der Waals surface area (Å²) in [6.45, 7) is 4.48. The molecule has 0 saturated carbocycles. The Morgan fingerprint density at radius 2 is 2.09 bits per heavy atom. The van der Waals surface area contributed by atoms with Gasteiger partial charge in [0.15, 0.2) is 0 Å². The SMILES string of the molecule is CN1c2ccccc2C(C)(C)[C@]12Cc1c(N)ncc(C#N)c1N2. The van der Waals surface area contributed by atoms with Crippen LogP contribution in [0, 0.1) is 11.3 Å². The van der Waals surface area contributed by atoms with Crippen molar-refractivity contribution in [2.45, 2.75) is 31.3 Å². The molecule has 2 aliphatic rings. The van der Waals surface area contributed by atoms with E-state index in [-0.39, 0.29) is 11.1 Å². The Kier molecular flexibility index (Phi) is 2.52. The summed E-state index contributed by atoms with van der Waals surface area (Å²) in [7, 11) is 2.10. The van der Waals surface area contributed by atoms with Gasteiger partial charge in [-0.3, -0.25) is 0 Å². The van der Waals surface area contributed by atoms with Gasteiger partial charge in [-0.1, -0.05) is 32.0 Å². The summed E-state index contributed by atoms with van der Waals surface area (Å²) in [6, 6.07) is 10.7. The molecule has 4 rings (SSSR count). The number of nitrogens with two attached hydrogens (primary N) is 1. The van der Waals surface area contributed by atoms with Crippen molar-refractivity contribution in [3.8, 4) is 6.07 Å². The number of nitrogens with one attached hydrogen (secondary N) is 1. The van der Waals surface area contributed by atoms with Gasteiger partial charge in [0, 0.05) is 36.3 Å². The molecule has 0 saturated heterocycles. The normalized spacial score (nSPS) is 23.3. The first kappa shape index (κ1) is 13.9. The number of fused-ring (bicyclic) bond motifs is 2. The van der Waals surface area contributed by atoms with E-state index in [9.17, 15) is 5.26 Å². The number of benzene rings is 1. The van der Waals surface area contributed by atoms with Crippen LogP contribution in [0.2, 0.25) is 0 Å². The van der Waals surface area contributed by atoms with Crippen LogP contribution in [-0.4, -0.2) is 17.7 Å². The Morgan fingerprint density at radius 3 is 2.78 bits per heavy atom. The molecule has 1 aromatic heterocycles. The van der Waals surface area contributed by atoms with Crippen LogP contribution in [0.15, 0.2) is 30.5 Å². The number of aromatic nitrogens is 1. The zero-order valence-electron chi connectivity index (χ0n) is 13.5. The van der Waals surface area contributed by atoms with E-state index in [1.807, 2.05) is 0 Å². The summed E-state index contributed by atoms with van der Waals surface area (Å²) in [4.78, 5) is 6.48. The first-order chi connectivity index (χ1) is 10.9. The lowest BCUT2D eigenvalue weighted by molar-refractivity contribution is 0.316. The van der Waals surface area contributed by atoms with Gasteiger partial charge in [0.05, 0.1) is 11.3 Å². The van der Waals surface area contributed by atoms with E-state index in [1.165, 1.54) is 11.3 Å². The maximum atomic E-state index is 9.41. The topological polar surface area (TPSA) is 78.0 Å². The molecule has 1 atom stereocenters. The average Bonchev–Trinajstić information content (AvgIpc) is 3.03. The molecule has 5 heteroatoms. The van der Waals surface area contributed by atoms with Crippen molar-refractivity contribution < 1.29 is 0 Å². The van der Waals surface area contributed by atoms with E-state index in [4.69, 9.17) is 5.73 Å². The van der Waals surface area contributed by atoms with E-state index in [1.54, 1.807) is 6.20 Å². The minimum Gasteiger partial charge on any atom is -0.383 e. The number of pyridine rings is 1. The fourth-order valence-electron chi connectivity index (χ4n) is 4.20. The van der Waals surface area contributed by atoms with Crippen molar-refractivity contribution in [2.24, 2.45) is 0 Å². The number of nitriles is 1. The number of likely N-dealkylation sites (N-methyl/N-ethyl adjacent to an activating group) is 1. The van der Waals surface area contributed by atoms with Crippen molar-refractivity contribution in [1.29, 1.82) is 5.26 Å². The summed E-state index contributed by atoms with van der Waals surface area (Å²) >= 11 is 0. The van der Waals surface area contributed by atoms with Gasteiger partial charge >= 0.3 is 0 Å². The van der Waals surface area contributed by atoms with Crippen molar-refractivity contribution >= 4 is 17.2 Å². The number of anilines is 3. The molecule has 116 valence electrons. The second-order valence-corrected chi connectivity index (χ2v) is 6.89. The monoisotopic (exact) mass is 305 g/mol. The van der Waals surface area contributed by atoms with Crippen LogP contribution in [0.5, 0.6) is 0 Å². The Hall–Kier alpha value is -2.74. The molecule has 0 fully saturated rings. The highest BCUT2D eigenvalue weighted by Gasteiger charge is 2.58. The highest BCUT2D eigenvalue weighted by Crippen LogP contribution is 2.56. The summed E-state index contributed by atoms with van der Waals surface area (Å²) in [5.41, 5.74) is 10.4. The van der Waals surface area contributed by atoms with Gasteiger partial charge in [0.1, 0.15) is 17.5 Å². The zero-order chi connectivity index (χ0) is 16.4. The largest absolute Gasteiger partial charge is 0.383 e. The molecule has 3 heterocycles. The van der Waals surface area contributed by atoms with Crippen molar-refractivity contribution in [2.75, 3.05) is 23.0 Å². The summed E-state index contributed by atoms with van der Waals surface area (Å²) in [5.74, 6) is 0.503. The predicted molar refractivity (Wildman–Crippen MR) is 91.3 cm³/mol. The highest BCUT2D eigenvalue weighted by molar-refractivity contribution is 5.79. The second-order valence-electron chi connectivity index (χ2n) is 6.89. The molecule has 0 amide bonds. The minimum absolute atomic E-state index is 0.142. The quantitative estimate of drug-likeness (QED) is 0.782. The molecule has 3 N–H and O–H groups in total. The van der Waals surface area contributed by atoms with Crippen LogP contribution < -0.4 is 16.0 Å². The van der Waals surface area contributed by atoms with Crippen LogP contribution >= 0.6 is 0 Å². The maximum absolute atomic E-state index is 9.41. The predicted octanol–water partition coefficient (Wildman–Crippen LogP) is 2.63. The molecule has 1 aromatic carbocycles. The molecule has 0 radical (unpaired) electrons. The first-order valence-corrected chi connectivity index (χ1v) is 7.71. The summed E-state index contributed by atoms with van der Waals surface area (Å²) in [6.07, 6.45) is 2.27. The van der Waals surface area contributed by atoms with Gasteiger partial charge in [-0.05, 0) is 11.6 Å². The molecule has 0 aliphatic carbocycles. The van der Waals surface area contributed by atoms with E-state index < -0.39 is 0 Å². The van der Waals surface area contributed by atoms with Crippen LogP contribution in [0.1, 0.15) is 30.5 Å². The van der Waals surface area contributed by atoms with Crippen molar-refractivity contribution in [3.05, 3.63) is 47.2 Å². The number of hydrogen-bond donors (Lipinski definition) is 2. The molecule has 23 heavy (non-hydrogen) atoms. The zero-order valence-corrected chi connectivity index (χ0v) is 13.5. The Labute approximate surface area is 135 Å². The average molecular weight is 305 g/mol. The maximum Gasteiger partial charge on any atom is 0.128 e. The van der Waals surface area contributed by atoms with Crippen LogP contribution in [-0.2, 0) is 11.8 Å². The number of nitrogen functional groups attached to an aromatic ring is 1. The second kappa shape index (κ2) is 4.17. The molecule has 0 unspecified atom stereocenters. The molecule has 2 aromatic rings. The first-order valence-electron chi connectivity index (χ1n) is 7.71. The van der Waals surface area contributed by atoms with Crippen LogP contribution in [0.3, 0.4) is 0 Å². The number of para-hydroxylation sites is 1. The van der Waals surface area contributed by atoms with E-state index in [0.717, 1.165) is 17.7 Å². The van der Waals surface area contributed by atoms with Gasteiger partial charge in [0.2, 0.25) is 0 Å². The van der Waals surface area contributed by atoms with Gasteiger partial charge < -0.3 is 16.0 Å². The lowest BCUT2D eigenvalue weighted by atomic mass is 9.74. The molecule has 5 nitrogen and oxygen atoms in total. The highest BCUT2D eigenvalue weighted by atomic mass is 15.4. The number of nitrogens with zero attached hydrogens (tertiary/aromatic N) is 3. The third-order valence-electron chi connectivity index (χ3n) is 5.64. The van der Waals surface area contributed by atoms with E-state index in [2.05, 4.69) is 66.4 Å². The molecular formula is C18H19N5. The Balaban J connectivity index is 1.93. The fraction of sp³-hybridized carbons (Fsp3) is 0.333. The lowest BCUT2D eigenvalue weighted by Crippen LogP contribution is -2.59. The molecule has 2 aliphatic heterocycles. The van der Waals surface area contributed by atoms with Crippen LogP contribution in [0.4, 0.5) is 17.2 Å². The standard InChI is InChI=1S/C18H19N5/c1-17(2)13-6-4-5-7-14(13)23(3)18(17)8-12-15(22-18)11(9-19)10-21-16(12)20/h4-7,10,22H,8H2,1-3H3,(H2,20,21)/t18-/m0/s1.